The first-order valence-electron chi connectivity index (χ1n) is 9.55. The van der Waals surface area contributed by atoms with Gasteiger partial charge in [0.1, 0.15) is 10.4 Å². The number of rotatable bonds is 7. The fourth-order valence-electron chi connectivity index (χ4n) is 3.14. The van der Waals surface area contributed by atoms with Crippen LogP contribution in [0.3, 0.4) is 0 Å². The van der Waals surface area contributed by atoms with Crippen molar-refractivity contribution in [3.63, 3.8) is 0 Å². The number of anilines is 1. The van der Waals surface area contributed by atoms with E-state index in [0.717, 1.165) is 24.3 Å². The quantitative estimate of drug-likeness (QED) is 0.483. The van der Waals surface area contributed by atoms with Crippen molar-refractivity contribution in [3.05, 3.63) is 40.4 Å². The fourth-order valence-corrected chi connectivity index (χ4v) is 4.07. The second kappa shape index (κ2) is 9.67. The van der Waals surface area contributed by atoms with Crippen LogP contribution in [0.1, 0.15) is 22.5 Å². The average molecular weight is 506 g/mol. The Hall–Kier alpha value is -2.63. The molecule has 1 atom stereocenters. The maximum absolute atomic E-state index is 13.0. The van der Waals surface area contributed by atoms with Crippen LogP contribution < -0.4 is 14.8 Å². The first-order chi connectivity index (χ1) is 15.0. The number of aromatic nitrogens is 4. The maximum atomic E-state index is 13.0. The third-order valence-corrected chi connectivity index (χ3v) is 5.91. The van der Waals surface area contributed by atoms with Gasteiger partial charge >= 0.3 is 0 Å². The molecule has 11 heteroatoms. The number of aryl methyl sites for hydroxylation is 1. The zero-order chi connectivity index (χ0) is 21.8. The second-order valence-corrected chi connectivity index (χ2v) is 8.70. The number of nitrogens with zero attached hydrogens (tertiary/aromatic N) is 4. The lowest BCUT2D eigenvalue weighted by atomic mass is 10.0. The van der Waals surface area contributed by atoms with Crippen LogP contribution >= 0.6 is 27.3 Å². The van der Waals surface area contributed by atoms with Gasteiger partial charge in [-0.1, -0.05) is 5.10 Å². The summed E-state index contributed by atoms with van der Waals surface area (Å²) < 4.78 is 17.1. The number of halogens is 1. The molecule has 4 rings (SSSR count). The zero-order valence-corrected chi connectivity index (χ0v) is 19.3. The summed E-state index contributed by atoms with van der Waals surface area (Å²) in [6.07, 6.45) is 4.10. The predicted octanol–water partition coefficient (Wildman–Crippen LogP) is 3.74. The van der Waals surface area contributed by atoms with E-state index in [1.54, 1.807) is 19.4 Å². The Kier molecular flexibility index (Phi) is 6.73. The molecule has 0 bridgehead atoms. The summed E-state index contributed by atoms with van der Waals surface area (Å²) in [5, 5.41) is 11.5. The molecule has 0 aromatic carbocycles. The van der Waals surface area contributed by atoms with Crippen molar-refractivity contribution in [3.8, 4) is 22.1 Å². The molecule has 1 aliphatic rings. The number of hydrogen-bond donors (Lipinski definition) is 1. The molecule has 9 nitrogen and oxygen atoms in total. The highest BCUT2D eigenvalue weighted by Crippen LogP contribution is 2.34. The van der Waals surface area contributed by atoms with Gasteiger partial charge in [-0.25, -0.2) is 4.98 Å². The molecular weight excluding hydrogens is 486 g/mol. The van der Waals surface area contributed by atoms with E-state index >= 15 is 0 Å². The summed E-state index contributed by atoms with van der Waals surface area (Å²) in [7, 11) is 1.56. The van der Waals surface area contributed by atoms with Gasteiger partial charge in [-0.2, -0.15) is 0 Å². The average Bonchev–Trinajstić information content (AvgIpc) is 3.44. The first-order valence-corrected chi connectivity index (χ1v) is 11.2. The molecule has 1 amide bonds. The highest BCUT2D eigenvalue weighted by atomic mass is 79.9. The third kappa shape index (κ3) is 5.17. The van der Waals surface area contributed by atoms with Crippen LogP contribution in [0.2, 0.25) is 0 Å². The number of carbonyl (C=O) groups excluding carboxylic acids is 1. The maximum Gasteiger partial charge on any atom is 0.295 e. The Labute approximate surface area is 191 Å². The highest BCUT2D eigenvalue weighted by molar-refractivity contribution is 9.10. The Balaban J connectivity index is 1.54. The molecule has 4 heterocycles. The van der Waals surface area contributed by atoms with E-state index in [-0.39, 0.29) is 5.91 Å². The van der Waals surface area contributed by atoms with Crippen LogP contribution in [-0.4, -0.2) is 53.0 Å². The van der Waals surface area contributed by atoms with Crippen molar-refractivity contribution in [2.24, 2.45) is 5.92 Å². The smallest absolute Gasteiger partial charge is 0.295 e. The molecule has 0 saturated carbocycles. The van der Waals surface area contributed by atoms with E-state index in [9.17, 15) is 4.79 Å². The van der Waals surface area contributed by atoms with E-state index in [0.29, 0.717) is 50.9 Å². The normalized spacial score (nSPS) is 15.6. The predicted molar refractivity (Wildman–Crippen MR) is 119 cm³/mol. The number of pyridine rings is 2. The van der Waals surface area contributed by atoms with E-state index in [2.05, 4.69) is 41.4 Å². The molecule has 3 aromatic heterocycles. The Morgan fingerprint density at radius 3 is 2.94 bits per heavy atom. The summed E-state index contributed by atoms with van der Waals surface area (Å²) in [5.74, 6) is 0.549. The van der Waals surface area contributed by atoms with Crippen LogP contribution in [0, 0.1) is 12.8 Å². The Morgan fingerprint density at radius 1 is 1.29 bits per heavy atom. The first kappa shape index (κ1) is 21.6. The van der Waals surface area contributed by atoms with Gasteiger partial charge < -0.3 is 14.2 Å². The number of carbonyl (C=O) groups is 1. The molecule has 162 valence electrons. The summed E-state index contributed by atoms with van der Waals surface area (Å²) in [6, 6.07) is 3.63. The van der Waals surface area contributed by atoms with Gasteiger partial charge in [0.05, 0.1) is 32.1 Å². The molecule has 3 aromatic rings. The molecule has 0 spiro atoms. The van der Waals surface area contributed by atoms with Crippen molar-refractivity contribution >= 4 is 38.3 Å². The van der Waals surface area contributed by atoms with Crippen molar-refractivity contribution in [2.75, 3.05) is 32.2 Å². The molecule has 0 unspecified atom stereocenters. The van der Waals surface area contributed by atoms with Crippen molar-refractivity contribution in [1.82, 2.24) is 20.2 Å². The number of ether oxygens (including phenoxy) is 3. The largest absolute Gasteiger partial charge is 0.494 e. The molecule has 1 saturated heterocycles. The van der Waals surface area contributed by atoms with Gasteiger partial charge in [-0.05, 0) is 52.7 Å². The lowest BCUT2D eigenvalue weighted by Gasteiger charge is -2.13. The molecular formula is C20H20BrN5O4S. The van der Waals surface area contributed by atoms with Crippen LogP contribution in [0.15, 0.2) is 29.1 Å². The van der Waals surface area contributed by atoms with Gasteiger partial charge in [0.2, 0.25) is 5.13 Å². The van der Waals surface area contributed by atoms with Crippen molar-refractivity contribution in [1.29, 1.82) is 0 Å². The summed E-state index contributed by atoms with van der Waals surface area (Å²) in [6.45, 7) is 3.83. The van der Waals surface area contributed by atoms with Gasteiger partial charge in [0, 0.05) is 35.5 Å². The van der Waals surface area contributed by atoms with Crippen LogP contribution in [-0.2, 0) is 4.74 Å². The number of nitrogens with one attached hydrogen (secondary N) is 1. The van der Waals surface area contributed by atoms with Gasteiger partial charge in [0.25, 0.3) is 11.1 Å². The van der Waals surface area contributed by atoms with Crippen molar-refractivity contribution < 1.29 is 19.0 Å². The molecule has 1 N–H and O–H groups in total. The number of hydrogen-bond acceptors (Lipinski definition) is 9. The topological polar surface area (TPSA) is 108 Å². The second-order valence-electron chi connectivity index (χ2n) is 6.95. The molecule has 1 fully saturated rings. The van der Waals surface area contributed by atoms with E-state index in [1.165, 1.54) is 17.5 Å². The summed E-state index contributed by atoms with van der Waals surface area (Å²) in [4.78, 5) is 21.5. The number of amides is 1. The van der Waals surface area contributed by atoms with Crippen LogP contribution in [0.4, 0.5) is 5.13 Å². The molecule has 31 heavy (non-hydrogen) atoms. The fraction of sp³-hybridized carbons (Fsp3) is 0.350. The number of methoxy groups -OCH3 is 1. The third-order valence-electron chi connectivity index (χ3n) is 4.72. The van der Waals surface area contributed by atoms with E-state index in [1.807, 2.05) is 13.0 Å². The Bertz CT molecular complexity index is 1090. The zero-order valence-electron chi connectivity index (χ0n) is 16.9. The lowest BCUT2D eigenvalue weighted by Crippen LogP contribution is -2.14. The highest BCUT2D eigenvalue weighted by Gasteiger charge is 2.20. The SMILES string of the molecule is COc1cnc(Br)cc1-c1cc(C)ncc1C(=O)Nc1nnc(OC[C@H]2CCOC2)s1. The van der Waals surface area contributed by atoms with Gasteiger partial charge in [0.15, 0.2) is 0 Å². The molecule has 0 aliphatic carbocycles. The standard InChI is InChI=1S/C20H20BrN5O4S/c1-11-5-13(14-6-17(21)23-8-16(14)28-2)15(7-22-11)18(27)24-19-25-26-20(31-19)30-10-12-3-4-29-9-12/h5-8,12H,3-4,9-10H2,1-2H3,(H,24,25,27)/t12-/m0/s1. The summed E-state index contributed by atoms with van der Waals surface area (Å²) >= 11 is 4.55. The van der Waals surface area contributed by atoms with Gasteiger partial charge in [-0.3, -0.25) is 15.1 Å². The minimum Gasteiger partial charge on any atom is -0.494 e. The Morgan fingerprint density at radius 2 is 2.16 bits per heavy atom. The molecule has 0 radical (unpaired) electrons. The summed E-state index contributed by atoms with van der Waals surface area (Å²) in [5.41, 5.74) is 2.54. The van der Waals surface area contributed by atoms with Crippen LogP contribution in [0.25, 0.3) is 11.1 Å². The minimum atomic E-state index is -0.357. The van der Waals surface area contributed by atoms with Crippen LogP contribution in [0.5, 0.6) is 10.9 Å². The van der Waals surface area contributed by atoms with E-state index < -0.39 is 0 Å². The minimum absolute atomic E-state index is 0.345. The lowest BCUT2D eigenvalue weighted by molar-refractivity contribution is 0.102. The molecule has 1 aliphatic heterocycles. The monoisotopic (exact) mass is 505 g/mol. The van der Waals surface area contributed by atoms with Gasteiger partial charge in [-0.15, -0.1) is 5.10 Å². The van der Waals surface area contributed by atoms with E-state index in [4.69, 9.17) is 14.2 Å². The van der Waals surface area contributed by atoms with Crippen molar-refractivity contribution in [2.45, 2.75) is 13.3 Å².